The highest BCUT2D eigenvalue weighted by atomic mass is 35.5. The Morgan fingerprint density at radius 1 is 1.41 bits per heavy atom. The first-order chi connectivity index (χ1) is 8.31. The molecule has 88 valence electrons. The minimum Gasteiger partial charge on any atom is -0.313 e. The molecule has 1 aromatic heterocycles. The maximum Gasteiger partial charge on any atom is 0.0986 e. The zero-order valence-electron chi connectivity index (χ0n) is 9.81. The molecule has 0 saturated heterocycles. The Morgan fingerprint density at radius 2 is 2.24 bits per heavy atom. The van der Waals surface area contributed by atoms with Crippen LogP contribution in [0.3, 0.4) is 0 Å². The van der Waals surface area contributed by atoms with E-state index in [0.717, 1.165) is 23.4 Å². The summed E-state index contributed by atoms with van der Waals surface area (Å²) in [5.41, 5.74) is 2.33. The number of allylic oxidation sites excluding steroid dienone is 1. The second kappa shape index (κ2) is 5.69. The van der Waals surface area contributed by atoms with Gasteiger partial charge in [-0.3, -0.25) is 0 Å². The van der Waals surface area contributed by atoms with Crippen molar-refractivity contribution in [2.45, 2.75) is 19.8 Å². The van der Waals surface area contributed by atoms with Gasteiger partial charge in [-0.05, 0) is 23.6 Å². The number of imidazole rings is 1. The third-order valence-corrected chi connectivity index (χ3v) is 2.90. The molecule has 0 aliphatic rings. The average Bonchev–Trinajstić information content (AvgIpc) is 2.82. The van der Waals surface area contributed by atoms with Crippen LogP contribution in [0.4, 0.5) is 0 Å². The molecule has 0 saturated carbocycles. The van der Waals surface area contributed by atoms with Crippen molar-refractivity contribution in [1.29, 1.82) is 0 Å². The predicted octanol–water partition coefficient (Wildman–Crippen LogP) is 4.33. The molecule has 1 aromatic carbocycles. The lowest BCUT2D eigenvalue weighted by Crippen LogP contribution is -1.89. The van der Waals surface area contributed by atoms with E-state index in [4.69, 9.17) is 11.6 Å². The Kier molecular flexibility index (Phi) is 3.99. The molecule has 3 heteroatoms. The van der Waals surface area contributed by atoms with Gasteiger partial charge in [-0.1, -0.05) is 43.1 Å². The van der Waals surface area contributed by atoms with Gasteiger partial charge in [0.05, 0.1) is 6.33 Å². The molecule has 0 amide bonds. The quantitative estimate of drug-likeness (QED) is 0.785. The summed E-state index contributed by atoms with van der Waals surface area (Å²) in [4.78, 5) is 4.04. The van der Waals surface area contributed by atoms with Crippen molar-refractivity contribution >= 4 is 23.4 Å². The van der Waals surface area contributed by atoms with Gasteiger partial charge in [0.1, 0.15) is 0 Å². The van der Waals surface area contributed by atoms with Crippen molar-refractivity contribution in [3.05, 3.63) is 53.6 Å². The van der Waals surface area contributed by atoms with Crippen LogP contribution >= 0.6 is 11.6 Å². The molecule has 0 N–H and O–H groups in total. The van der Waals surface area contributed by atoms with E-state index in [1.807, 2.05) is 29.0 Å². The first-order valence-electron chi connectivity index (χ1n) is 5.74. The van der Waals surface area contributed by atoms with Crippen LogP contribution in [0.2, 0.25) is 5.02 Å². The second-order valence-electron chi connectivity index (χ2n) is 3.89. The second-order valence-corrected chi connectivity index (χ2v) is 4.30. The summed E-state index contributed by atoms with van der Waals surface area (Å²) in [5, 5.41) is 0.798. The molecule has 0 aliphatic carbocycles. The fourth-order valence-corrected chi connectivity index (χ4v) is 2.04. The molecule has 0 unspecified atom stereocenters. The fraction of sp³-hybridized carbons (Fsp3) is 0.214. The lowest BCUT2D eigenvalue weighted by molar-refractivity contribution is 0.970. The van der Waals surface area contributed by atoms with Gasteiger partial charge in [0, 0.05) is 23.6 Å². The Bertz CT molecular complexity index is 501. The highest BCUT2D eigenvalue weighted by molar-refractivity contribution is 6.32. The molecule has 2 rings (SSSR count). The van der Waals surface area contributed by atoms with E-state index in [9.17, 15) is 0 Å². The van der Waals surface area contributed by atoms with E-state index in [1.165, 1.54) is 5.57 Å². The standard InChI is InChI=1S/C14H15ClN2/c1-2-5-12(10-17-9-8-16-11-17)13-6-3-4-7-14(13)15/h3-4,6-11H,2,5H2,1H3/b12-10+. The summed E-state index contributed by atoms with van der Waals surface area (Å²) in [6, 6.07) is 7.94. The van der Waals surface area contributed by atoms with Crippen molar-refractivity contribution < 1.29 is 0 Å². The Labute approximate surface area is 107 Å². The normalized spacial score (nSPS) is 11.8. The number of hydrogen-bond donors (Lipinski definition) is 0. The molecule has 0 aliphatic heterocycles. The topological polar surface area (TPSA) is 17.8 Å². The molecule has 0 bridgehead atoms. The van der Waals surface area contributed by atoms with Crippen LogP contribution < -0.4 is 0 Å². The molecule has 0 radical (unpaired) electrons. The Hall–Kier alpha value is -1.54. The molecular weight excluding hydrogens is 232 g/mol. The molecule has 0 spiro atoms. The zero-order valence-corrected chi connectivity index (χ0v) is 10.6. The minimum absolute atomic E-state index is 0.798. The van der Waals surface area contributed by atoms with Crippen LogP contribution in [0.1, 0.15) is 25.3 Å². The summed E-state index contributed by atoms with van der Waals surface area (Å²) in [7, 11) is 0. The van der Waals surface area contributed by atoms with Crippen LogP contribution in [0, 0.1) is 0 Å². The minimum atomic E-state index is 0.798. The molecule has 2 aromatic rings. The van der Waals surface area contributed by atoms with Gasteiger partial charge >= 0.3 is 0 Å². The van der Waals surface area contributed by atoms with Crippen LogP contribution in [0.15, 0.2) is 43.0 Å². The lowest BCUT2D eigenvalue weighted by Gasteiger charge is -2.09. The Balaban J connectivity index is 2.39. The van der Waals surface area contributed by atoms with Gasteiger partial charge in [-0.2, -0.15) is 0 Å². The summed E-state index contributed by atoms with van der Waals surface area (Å²) in [6.45, 7) is 2.17. The van der Waals surface area contributed by atoms with Gasteiger partial charge in [0.2, 0.25) is 0 Å². The number of nitrogens with zero attached hydrogens (tertiary/aromatic N) is 2. The van der Waals surface area contributed by atoms with Crippen LogP contribution in [0.25, 0.3) is 11.8 Å². The molecule has 2 nitrogen and oxygen atoms in total. The average molecular weight is 247 g/mol. The predicted molar refractivity (Wildman–Crippen MR) is 72.8 cm³/mol. The maximum atomic E-state index is 6.23. The molecule has 17 heavy (non-hydrogen) atoms. The fourth-order valence-electron chi connectivity index (χ4n) is 1.79. The number of halogens is 1. The van der Waals surface area contributed by atoms with Gasteiger partial charge in [-0.25, -0.2) is 4.98 Å². The summed E-state index contributed by atoms with van der Waals surface area (Å²) < 4.78 is 1.95. The zero-order chi connectivity index (χ0) is 12.1. The third-order valence-electron chi connectivity index (χ3n) is 2.57. The van der Waals surface area contributed by atoms with Crippen LogP contribution in [-0.2, 0) is 0 Å². The molecule has 0 atom stereocenters. The highest BCUT2D eigenvalue weighted by Crippen LogP contribution is 2.27. The smallest absolute Gasteiger partial charge is 0.0986 e. The number of rotatable bonds is 4. The number of aromatic nitrogens is 2. The number of hydrogen-bond acceptors (Lipinski definition) is 1. The summed E-state index contributed by atoms with van der Waals surface area (Å²) in [5.74, 6) is 0. The van der Waals surface area contributed by atoms with E-state index in [0.29, 0.717) is 0 Å². The van der Waals surface area contributed by atoms with E-state index in [1.54, 1.807) is 12.5 Å². The van der Waals surface area contributed by atoms with Crippen molar-refractivity contribution in [3.63, 3.8) is 0 Å². The van der Waals surface area contributed by atoms with E-state index in [-0.39, 0.29) is 0 Å². The maximum absolute atomic E-state index is 6.23. The largest absolute Gasteiger partial charge is 0.313 e. The number of benzene rings is 1. The molecular formula is C14H15ClN2. The SMILES string of the molecule is CCC/C(=C\n1ccnc1)c1ccccc1Cl. The van der Waals surface area contributed by atoms with Crippen LogP contribution in [-0.4, -0.2) is 9.55 Å². The van der Waals surface area contributed by atoms with Crippen LogP contribution in [0.5, 0.6) is 0 Å². The van der Waals surface area contributed by atoms with E-state index in [2.05, 4.69) is 24.2 Å². The van der Waals surface area contributed by atoms with Gasteiger partial charge in [0.25, 0.3) is 0 Å². The van der Waals surface area contributed by atoms with Crippen molar-refractivity contribution in [2.24, 2.45) is 0 Å². The molecule has 0 fully saturated rings. The van der Waals surface area contributed by atoms with Gasteiger partial charge in [0.15, 0.2) is 0 Å². The highest BCUT2D eigenvalue weighted by Gasteiger charge is 2.05. The first kappa shape index (κ1) is 11.9. The monoisotopic (exact) mass is 246 g/mol. The third kappa shape index (κ3) is 2.98. The van der Waals surface area contributed by atoms with Crippen molar-refractivity contribution in [1.82, 2.24) is 9.55 Å². The van der Waals surface area contributed by atoms with Crippen molar-refractivity contribution in [3.8, 4) is 0 Å². The van der Waals surface area contributed by atoms with Gasteiger partial charge in [-0.15, -0.1) is 0 Å². The lowest BCUT2D eigenvalue weighted by atomic mass is 10.0. The van der Waals surface area contributed by atoms with E-state index >= 15 is 0 Å². The van der Waals surface area contributed by atoms with Crippen molar-refractivity contribution in [2.75, 3.05) is 0 Å². The molecule has 1 heterocycles. The first-order valence-corrected chi connectivity index (χ1v) is 6.12. The van der Waals surface area contributed by atoms with E-state index < -0.39 is 0 Å². The Morgan fingerprint density at radius 3 is 2.88 bits per heavy atom. The summed E-state index contributed by atoms with van der Waals surface area (Å²) in [6.07, 6.45) is 9.65. The van der Waals surface area contributed by atoms with Gasteiger partial charge < -0.3 is 4.57 Å². The summed E-state index contributed by atoms with van der Waals surface area (Å²) >= 11 is 6.23.